The normalized spacial score (nSPS) is 14.0. The fourth-order valence-electron chi connectivity index (χ4n) is 3.31. The van der Waals surface area contributed by atoms with Gasteiger partial charge >= 0.3 is 12.1 Å². The fraction of sp³-hybridized carbons (Fsp3) is 0.417. The number of carbonyl (C=O) groups excluding carboxylic acids is 2. The Morgan fingerprint density at radius 1 is 1.00 bits per heavy atom. The van der Waals surface area contributed by atoms with Crippen molar-refractivity contribution in [1.29, 1.82) is 0 Å². The Balaban J connectivity index is 1.47. The van der Waals surface area contributed by atoms with Crippen LogP contribution in [0, 0.1) is 5.41 Å². The van der Waals surface area contributed by atoms with E-state index < -0.39 is 12.1 Å². The second-order valence-electron chi connectivity index (χ2n) is 9.14. The average Bonchev–Trinajstić information content (AvgIpc) is 2.79. The molecular formula is C24H30N4O5. The predicted molar refractivity (Wildman–Crippen MR) is 124 cm³/mol. The van der Waals surface area contributed by atoms with Crippen molar-refractivity contribution in [3.8, 4) is 5.75 Å². The third-order valence-electron chi connectivity index (χ3n) is 5.34. The van der Waals surface area contributed by atoms with E-state index in [0.29, 0.717) is 49.9 Å². The number of benzene rings is 1. The fourth-order valence-corrected chi connectivity index (χ4v) is 3.31. The van der Waals surface area contributed by atoms with Gasteiger partial charge in [-0.05, 0) is 48.2 Å². The zero-order chi connectivity index (χ0) is 24.0. The van der Waals surface area contributed by atoms with E-state index in [4.69, 9.17) is 9.84 Å². The van der Waals surface area contributed by atoms with Gasteiger partial charge in [-0.3, -0.25) is 4.79 Å². The van der Waals surface area contributed by atoms with E-state index in [1.165, 1.54) is 12.3 Å². The van der Waals surface area contributed by atoms with Crippen LogP contribution >= 0.6 is 0 Å². The molecule has 3 rings (SSSR count). The Morgan fingerprint density at radius 2 is 1.64 bits per heavy atom. The van der Waals surface area contributed by atoms with Gasteiger partial charge in [-0.15, -0.1) is 0 Å². The molecule has 0 spiro atoms. The first-order valence-corrected chi connectivity index (χ1v) is 10.9. The van der Waals surface area contributed by atoms with Gasteiger partial charge in [0.1, 0.15) is 11.6 Å². The minimum Gasteiger partial charge on any atom is -0.478 e. The monoisotopic (exact) mass is 454 g/mol. The molecule has 0 aliphatic carbocycles. The maximum absolute atomic E-state index is 12.5. The third-order valence-corrected chi connectivity index (χ3v) is 5.34. The van der Waals surface area contributed by atoms with Crippen molar-refractivity contribution in [2.24, 2.45) is 5.41 Å². The quantitative estimate of drug-likeness (QED) is 0.689. The molecule has 2 amide bonds. The number of carboxylic acids is 1. The number of aromatic nitrogens is 1. The van der Waals surface area contributed by atoms with Gasteiger partial charge in [-0.25, -0.2) is 14.6 Å². The highest BCUT2D eigenvalue weighted by Gasteiger charge is 2.23. The molecular weight excluding hydrogens is 424 g/mol. The zero-order valence-corrected chi connectivity index (χ0v) is 19.2. The van der Waals surface area contributed by atoms with Gasteiger partial charge < -0.3 is 25.0 Å². The van der Waals surface area contributed by atoms with Crippen molar-refractivity contribution in [2.75, 3.05) is 37.6 Å². The molecule has 1 saturated heterocycles. The van der Waals surface area contributed by atoms with Crippen molar-refractivity contribution in [3.05, 3.63) is 53.7 Å². The lowest BCUT2D eigenvalue weighted by Crippen LogP contribution is -2.49. The second-order valence-corrected chi connectivity index (χ2v) is 9.14. The minimum absolute atomic E-state index is 0.134. The number of rotatable bonds is 6. The Morgan fingerprint density at radius 3 is 2.18 bits per heavy atom. The van der Waals surface area contributed by atoms with Crippen molar-refractivity contribution in [3.63, 3.8) is 0 Å². The maximum Gasteiger partial charge on any atom is 0.415 e. The van der Waals surface area contributed by atoms with Crippen LogP contribution in [0.1, 0.15) is 47.9 Å². The average molecular weight is 455 g/mol. The Labute approximate surface area is 193 Å². The summed E-state index contributed by atoms with van der Waals surface area (Å²) in [5.41, 5.74) is 0.798. The van der Waals surface area contributed by atoms with Gasteiger partial charge in [0.2, 0.25) is 0 Å². The lowest BCUT2D eigenvalue weighted by atomic mass is 9.92. The molecule has 0 unspecified atom stereocenters. The molecule has 0 saturated carbocycles. The third kappa shape index (κ3) is 6.93. The highest BCUT2D eigenvalue weighted by molar-refractivity contribution is 5.94. The topological polar surface area (TPSA) is 112 Å². The number of amides is 2. The van der Waals surface area contributed by atoms with Crippen LogP contribution in [0.4, 0.5) is 10.6 Å². The molecule has 176 valence electrons. The van der Waals surface area contributed by atoms with Crippen molar-refractivity contribution < 1.29 is 24.2 Å². The number of nitrogens with zero attached hydrogens (tertiary/aromatic N) is 3. The summed E-state index contributed by atoms with van der Waals surface area (Å²) in [5, 5.41) is 11.9. The number of pyridine rings is 1. The second kappa shape index (κ2) is 10.3. The molecule has 2 aromatic rings. The van der Waals surface area contributed by atoms with E-state index in [0.717, 1.165) is 6.42 Å². The summed E-state index contributed by atoms with van der Waals surface area (Å²) < 4.78 is 5.45. The molecule has 1 aliphatic heterocycles. The molecule has 2 heterocycles. The van der Waals surface area contributed by atoms with Gasteiger partial charge in [0.05, 0.1) is 5.56 Å². The van der Waals surface area contributed by atoms with Crippen LogP contribution in [0.3, 0.4) is 0 Å². The van der Waals surface area contributed by atoms with Crippen LogP contribution in [-0.4, -0.2) is 65.7 Å². The number of carbonyl (C=O) groups is 3. The summed E-state index contributed by atoms with van der Waals surface area (Å²) >= 11 is 0. The zero-order valence-electron chi connectivity index (χ0n) is 19.2. The first-order chi connectivity index (χ1) is 15.6. The molecule has 9 heteroatoms. The Kier molecular flexibility index (Phi) is 7.52. The summed E-state index contributed by atoms with van der Waals surface area (Å²) in [7, 11) is 0. The minimum atomic E-state index is -1.02. The first-order valence-electron chi connectivity index (χ1n) is 10.9. The number of aromatic carboxylic acids is 1. The number of ether oxygens (including phenoxy) is 1. The van der Waals surface area contributed by atoms with Crippen LogP contribution in [0.2, 0.25) is 0 Å². The molecule has 0 radical (unpaired) electrons. The summed E-state index contributed by atoms with van der Waals surface area (Å²) in [4.78, 5) is 43.5. The van der Waals surface area contributed by atoms with Crippen LogP contribution in [0.5, 0.6) is 5.75 Å². The van der Waals surface area contributed by atoms with E-state index >= 15 is 0 Å². The molecule has 9 nitrogen and oxygen atoms in total. The van der Waals surface area contributed by atoms with Gasteiger partial charge in [0.25, 0.3) is 5.91 Å². The van der Waals surface area contributed by atoms with E-state index in [-0.39, 0.29) is 16.9 Å². The van der Waals surface area contributed by atoms with Gasteiger partial charge in [-0.2, -0.15) is 0 Å². The summed E-state index contributed by atoms with van der Waals surface area (Å²) in [5.74, 6) is -0.127. The van der Waals surface area contributed by atoms with E-state index in [9.17, 15) is 14.4 Å². The summed E-state index contributed by atoms with van der Waals surface area (Å²) in [6.45, 7) is 8.99. The number of nitrogens with one attached hydrogen (secondary N) is 1. The van der Waals surface area contributed by atoms with Gasteiger partial charge in [-0.1, -0.05) is 20.8 Å². The number of hydrogen-bond acceptors (Lipinski definition) is 6. The van der Waals surface area contributed by atoms with Crippen molar-refractivity contribution >= 4 is 23.8 Å². The maximum atomic E-state index is 12.5. The smallest absolute Gasteiger partial charge is 0.415 e. The van der Waals surface area contributed by atoms with Crippen LogP contribution in [0.25, 0.3) is 0 Å². The molecule has 33 heavy (non-hydrogen) atoms. The molecule has 2 N–H and O–H groups in total. The van der Waals surface area contributed by atoms with Gasteiger partial charge in [0.15, 0.2) is 0 Å². The molecule has 1 aromatic carbocycles. The number of piperazine rings is 1. The molecule has 1 aromatic heterocycles. The van der Waals surface area contributed by atoms with Gasteiger partial charge in [0, 0.05) is 44.5 Å². The first kappa shape index (κ1) is 24.0. The molecule has 0 bridgehead atoms. The van der Waals surface area contributed by atoms with E-state index in [1.54, 1.807) is 35.2 Å². The lowest BCUT2D eigenvalue weighted by molar-refractivity contribution is 0.0696. The highest BCUT2D eigenvalue weighted by Crippen LogP contribution is 2.18. The van der Waals surface area contributed by atoms with Crippen molar-refractivity contribution in [2.45, 2.75) is 27.2 Å². The SMILES string of the molecule is CC(C)(C)CCNC(=O)c1ccc(OC(=O)N2CCN(c3ccc(C(=O)O)cn3)CC2)cc1. The largest absolute Gasteiger partial charge is 0.478 e. The van der Waals surface area contributed by atoms with E-state index in [1.807, 2.05) is 4.90 Å². The molecule has 0 atom stereocenters. The van der Waals surface area contributed by atoms with E-state index in [2.05, 4.69) is 31.1 Å². The summed E-state index contributed by atoms with van der Waals surface area (Å²) in [6.07, 6.45) is 1.75. The summed E-state index contributed by atoms with van der Waals surface area (Å²) in [6, 6.07) is 9.68. The number of anilines is 1. The standard InChI is InChI=1S/C24H30N4O5/c1-24(2,3)10-11-25-21(29)17-4-7-19(8-5-17)33-23(32)28-14-12-27(13-15-28)20-9-6-18(16-26-20)22(30)31/h4-9,16H,10-15H2,1-3H3,(H,25,29)(H,30,31). The van der Waals surface area contributed by atoms with Crippen LogP contribution < -0.4 is 15.0 Å². The highest BCUT2D eigenvalue weighted by atomic mass is 16.6. The Bertz CT molecular complexity index is 975. The number of carboxylic acid groups (broad SMARTS) is 1. The van der Waals surface area contributed by atoms with Crippen LogP contribution in [-0.2, 0) is 0 Å². The number of hydrogen-bond donors (Lipinski definition) is 2. The van der Waals surface area contributed by atoms with Crippen LogP contribution in [0.15, 0.2) is 42.6 Å². The predicted octanol–water partition coefficient (Wildman–Crippen LogP) is 3.27. The lowest BCUT2D eigenvalue weighted by Gasteiger charge is -2.34. The van der Waals surface area contributed by atoms with Crippen molar-refractivity contribution in [1.82, 2.24) is 15.2 Å². The molecule has 1 aliphatic rings. The molecule has 1 fully saturated rings. The Hall–Kier alpha value is -3.62.